The van der Waals surface area contributed by atoms with Crippen LogP contribution in [0.5, 0.6) is 11.5 Å². The first kappa shape index (κ1) is 25.8. The molecule has 0 heterocycles. The quantitative estimate of drug-likeness (QED) is 0.211. The van der Waals surface area contributed by atoms with Crippen molar-refractivity contribution in [3.8, 4) is 17.6 Å². The Kier molecular flexibility index (Phi) is 9.17. The molecule has 0 bridgehead atoms. The van der Waals surface area contributed by atoms with Crippen molar-refractivity contribution < 1.29 is 14.3 Å². The molecule has 0 aliphatic carbocycles. The molecule has 0 spiro atoms. The van der Waals surface area contributed by atoms with Crippen molar-refractivity contribution in [2.24, 2.45) is 0 Å². The first-order valence-electron chi connectivity index (χ1n) is 10.3. The Hall–Kier alpha value is -2.79. The van der Waals surface area contributed by atoms with E-state index in [1.165, 1.54) is 6.08 Å². The molecule has 0 unspecified atom stereocenters. The lowest BCUT2D eigenvalue weighted by molar-refractivity contribution is -0.112. The van der Waals surface area contributed by atoms with Gasteiger partial charge in [0, 0.05) is 20.7 Å². The summed E-state index contributed by atoms with van der Waals surface area (Å²) in [4.78, 5) is 12.7. The number of halogens is 3. The van der Waals surface area contributed by atoms with Crippen molar-refractivity contribution in [2.75, 3.05) is 11.9 Å². The van der Waals surface area contributed by atoms with Crippen LogP contribution in [-0.4, -0.2) is 12.5 Å². The fourth-order valence-corrected chi connectivity index (χ4v) is 4.18. The number of benzene rings is 3. The summed E-state index contributed by atoms with van der Waals surface area (Å²) in [6.45, 7) is 4.49. The Bertz CT molecular complexity index is 1290. The van der Waals surface area contributed by atoms with Crippen LogP contribution < -0.4 is 14.8 Å². The molecule has 0 radical (unpaired) electrons. The molecule has 0 aliphatic heterocycles. The van der Waals surface area contributed by atoms with Gasteiger partial charge in [-0.3, -0.25) is 4.79 Å². The second kappa shape index (κ2) is 12.1. The molecule has 174 valence electrons. The van der Waals surface area contributed by atoms with Crippen LogP contribution in [-0.2, 0) is 11.4 Å². The van der Waals surface area contributed by atoms with E-state index in [4.69, 9.17) is 21.1 Å². The fraction of sp³-hybridized carbons (Fsp3) is 0.154. The molecule has 5 nitrogen and oxygen atoms in total. The monoisotopic (exact) mass is 602 g/mol. The zero-order valence-corrected chi connectivity index (χ0v) is 22.4. The average Bonchev–Trinajstić information content (AvgIpc) is 2.80. The van der Waals surface area contributed by atoms with E-state index in [-0.39, 0.29) is 5.57 Å². The molecule has 3 aromatic carbocycles. The average molecular weight is 605 g/mol. The van der Waals surface area contributed by atoms with Crippen molar-refractivity contribution >= 4 is 61.1 Å². The summed E-state index contributed by atoms with van der Waals surface area (Å²) in [6, 6.07) is 18.4. The highest BCUT2D eigenvalue weighted by molar-refractivity contribution is 9.10. The molecular weight excluding hydrogens is 584 g/mol. The lowest BCUT2D eigenvalue weighted by Gasteiger charge is -2.15. The van der Waals surface area contributed by atoms with Crippen molar-refractivity contribution in [3.05, 3.63) is 90.8 Å². The molecule has 8 heteroatoms. The van der Waals surface area contributed by atoms with Crippen LogP contribution in [0.2, 0.25) is 5.02 Å². The first-order valence-corrected chi connectivity index (χ1v) is 12.3. The van der Waals surface area contributed by atoms with Gasteiger partial charge in [-0.2, -0.15) is 5.26 Å². The smallest absolute Gasteiger partial charge is 0.266 e. The van der Waals surface area contributed by atoms with E-state index in [1.807, 2.05) is 44.2 Å². The van der Waals surface area contributed by atoms with Crippen LogP contribution in [0.15, 0.2) is 69.1 Å². The van der Waals surface area contributed by atoms with Gasteiger partial charge in [0.2, 0.25) is 0 Å². The van der Waals surface area contributed by atoms with Crippen molar-refractivity contribution in [3.63, 3.8) is 0 Å². The second-order valence-electron chi connectivity index (χ2n) is 7.23. The van der Waals surface area contributed by atoms with Crippen LogP contribution >= 0.6 is 43.5 Å². The number of ether oxygens (including phenoxy) is 2. The number of amides is 1. The van der Waals surface area contributed by atoms with E-state index in [0.717, 1.165) is 15.6 Å². The van der Waals surface area contributed by atoms with E-state index < -0.39 is 5.91 Å². The Morgan fingerprint density at radius 2 is 1.88 bits per heavy atom. The number of nitriles is 1. The van der Waals surface area contributed by atoms with Gasteiger partial charge in [-0.05, 0) is 77.3 Å². The predicted molar refractivity (Wildman–Crippen MR) is 142 cm³/mol. The normalized spacial score (nSPS) is 11.0. The highest BCUT2D eigenvalue weighted by Crippen LogP contribution is 2.38. The van der Waals surface area contributed by atoms with Gasteiger partial charge in [-0.15, -0.1) is 0 Å². The molecule has 0 aliphatic rings. The SMILES string of the molecule is CCOc1cc(/C=C(\C#N)C(=O)Nc2ccc(C)c(Cl)c2)cc(Br)c1OCc1ccccc1Br. The Morgan fingerprint density at radius 1 is 1.12 bits per heavy atom. The van der Waals surface area contributed by atoms with Gasteiger partial charge >= 0.3 is 0 Å². The molecule has 1 N–H and O–H groups in total. The molecule has 0 saturated heterocycles. The fourth-order valence-electron chi connectivity index (χ4n) is 3.02. The van der Waals surface area contributed by atoms with Crippen LogP contribution in [0.4, 0.5) is 5.69 Å². The summed E-state index contributed by atoms with van der Waals surface area (Å²) < 4.78 is 13.4. The van der Waals surface area contributed by atoms with E-state index in [9.17, 15) is 10.1 Å². The van der Waals surface area contributed by atoms with Crippen LogP contribution in [0.25, 0.3) is 6.08 Å². The number of rotatable bonds is 8. The summed E-state index contributed by atoms with van der Waals surface area (Å²) in [5, 5.41) is 12.8. The summed E-state index contributed by atoms with van der Waals surface area (Å²) >= 11 is 13.2. The van der Waals surface area contributed by atoms with E-state index >= 15 is 0 Å². The van der Waals surface area contributed by atoms with Gasteiger partial charge in [0.1, 0.15) is 18.2 Å². The predicted octanol–water partition coefficient (Wildman–Crippen LogP) is 7.70. The highest BCUT2D eigenvalue weighted by Gasteiger charge is 2.15. The highest BCUT2D eigenvalue weighted by atomic mass is 79.9. The van der Waals surface area contributed by atoms with Gasteiger partial charge in [-0.1, -0.05) is 51.8 Å². The topological polar surface area (TPSA) is 71.3 Å². The number of carbonyl (C=O) groups excluding carboxylic acids is 1. The minimum atomic E-state index is -0.536. The van der Waals surface area contributed by atoms with Crippen molar-refractivity contribution in [1.82, 2.24) is 0 Å². The molecular formula is C26H21Br2ClN2O3. The summed E-state index contributed by atoms with van der Waals surface area (Å²) in [5.41, 5.74) is 2.94. The Balaban J connectivity index is 1.86. The maximum Gasteiger partial charge on any atom is 0.266 e. The zero-order chi connectivity index (χ0) is 24.7. The number of hydrogen-bond donors (Lipinski definition) is 1. The van der Waals surface area contributed by atoms with E-state index in [1.54, 1.807) is 30.3 Å². The Morgan fingerprint density at radius 3 is 2.56 bits per heavy atom. The summed E-state index contributed by atoms with van der Waals surface area (Å²) in [6.07, 6.45) is 1.50. The zero-order valence-electron chi connectivity index (χ0n) is 18.5. The molecule has 0 fully saturated rings. The van der Waals surface area contributed by atoms with Crippen LogP contribution in [0.1, 0.15) is 23.6 Å². The van der Waals surface area contributed by atoms with E-state index in [2.05, 4.69) is 37.2 Å². The summed E-state index contributed by atoms with van der Waals surface area (Å²) in [7, 11) is 0. The van der Waals surface area contributed by atoms with Gasteiger partial charge in [-0.25, -0.2) is 0 Å². The number of anilines is 1. The minimum Gasteiger partial charge on any atom is -0.490 e. The molecule has 3 rings (SSSR count). The minimum absolute atomic E-state index is 0.0621. The third kappa shape index (κ3) is 6.63. The molecule has 1 amide bonds. The van der Waals surface area contributed by atoms with Gasteiger partial charge in [0.25, 0.3) is 5.91 Å². The van der Waals surface area contributed by atoms with Crippen LogP contribution in [0.3, 0.4) is 0 Å². The lowest BCUT2D eigenvalue weighted by atomic mass is 10.1. The van der Waals surface area contributed by atoms with Gasteiger partial charge in [0.15, 0.2) is 11.5 Å². The van der Waals surface area contributed by atoms with Crippen LogP contribution in [0, 0.1) is 18.3 Å². The first-order chi connectivity index (χ1) is 16.3. The molecule has 34 heavy (non-hydrogen) atoms. The molecule has 0 aromatic heterocycles. The van der Waals surface area contributed by atoms with Crippen molar-refractivity contribution in [2.45, 2.75) is 20.5 Å². The molecule has 3 aromatic rings. The lowest BCUT2D eigenvalue weighted by Crippen LogP contribution is -2.13. The summed E-state index contributed by atoms with van der Waals surface area (Å²) in [5.74, 6) is 0.496. The maximum atomic E-state index is 12.7. The maximum absolute atomic E-state index is 12.7. The molecule has 0 atom stereocenters. The van der Waals surface area contributed by atoms with Gasteiger partial charge < -0.3 is 14.8 Å². The van der Waals surface area contributed by atoms with E-state index in [0.29, 0.717) is 45.5 Å². The number of aryl methyl sites for hydroxylation is 1. The Labute approximate surface area is 220 Å². The second-order valence-corrected chi connectivity index (χ2v) is 9.35. The van der Waals surface area contributed by atoms with Gasteiger partial charge in [0.05, 0.1) is 11.1 Å². The number of hydrogen-bond acceptors (Lipinski definition) is 4. The third-order valence-electron chi connectivity index (χ3n) is 4.77. The number of nitrogens with one attached hydrogen (secondary N) is 1. The third-order valence-corrected chi connectivity index (χ3v) is 6.54. The van der Waals surface area contributed by atoms with Crippen molar-refractivity contribution in [1.29, 1.82) is 5.26 Å². The number of nitrogens with zero attached hydrogens (tertiary/aromatic N) is 1. The number of carbonyl (C=O) groups is 1. The largest absolute Gasteiger partial charge is 0.490 e. The molecule has 0 saturated carbocycles. The standard InChI is InChI=1S/C26H21Br2ClN2O3/c1-3-33-24-12-17(11-22(28)25(24)34-15-18-6-4-5-7-21(18)27)10-19(14-30)26(32)31-20-9-8-16(2)23(29)13-20/h4-13H,3,15H2,1-2H3,(H,31,32)/b19-10+.